The van der Waals surface area contributed by atoms with Crippen LogP contribution in [0, 0.1) is 0 Å². The summed E-state index contributed by atoms with van der Waals surface area (Å²) in [5, 5.41) is 13.4. The molecule has 3 rings (SSSR count). The Bertz CT molecular complexity index is 653. The molecule has 4 heteroatoms. The minimum absolute atomic E-state index is 0.277. The van der Waals surface area contributed by atoms with E-state index in [4.69, 9.17) is 4.74 Å². The minimum atomic E-state index is -1.50. The van der Waals surface area contributed by atoms with Gasteiger partial charge in [0, 0.05) is 16.7 Å². The molecule has 0 fully saturated rings. The van der Waals surface area contributed by atoms with Crippen LogP contribution in [0.15, 0.2) is 48.5 Å². The number of rotatable bonds is 2. The number of carbonyl (C=O) groups excluding carboxylic acids is 1. The Balaban J connectivity index is 2.17. The van der Waals surface area contributed by atoms with Crippen molar-refractivity contribution < 1.29 is 14.6 Å². The number of nitrogens with one attached hydrogen (secondary N) is 1. The van der Waals surface area contributed by atoms with E-state index in [2.05, 4.69) is 5.32 Å². The summed E-state index contributed by atoms with van der Waals surface area (Å²) in [5.74, 6) is 0.352. The SMILES string of the molecule is COc1cccc(C2(O)NC(=O)c3ccccc32)c1. The fourth-order valence-electron chi connectivity index (χ4n) is 2.37. The first-order chi connectivity index (χ1) is 9.15. The van der Waals surface area contributed by atoms with Gasteiger partial charge in [-0.05, 0) is 18.2 Å². The summed E-state index contributed by atoms with van der Waals surface area (Å²) >= 11 is 0. The molecule has 0 radical (unpaired) electrons. The van der Waals surface area contributed by atoms with Crippen molar-refractivity contribution in [2.24, 2.45) is 0 Å². The van der Waals surface area contributed by atoms with E-state index < -0.39 is 5.72 Å². The van der Waals surface area contributed by atoms with Crippen molar-refractivity contribution in [2.75, 3.05) is 7.11 Å². The van der Waals surface area contributed by atoms with E-state index >= 15 is 0 Å². The Morgan fingerprint density at radius 2 is 1.95 bits per heavy atom. The van der Waals surface area contributed by atoms with Gasteiger partial charge in [0.15, 0.2) is 5.72 Å². The largest absolute Gasteiger partial charge is 0.497 e. The maximum absolute atomic E-state index is 11.9. The van der Waals surface area contributed by atoms with E-state index in [1.165, 1.54) is 0 Å². The van der Waals surface area contributed by atoms with E-state index in [9.17, 15) is 9.90 Å². The molecule has 4 nitrogen and oxygen atoms in total. The minimum Gasteiger partial charge on any atom is -0.497 e. The Morgan fingerprint density at radius 1 is 1.16 bits per heavy atom. The predicted molar refractivity (Wildman–Crippen MR) is 69.9 cm³/mol. The molecular weight excluding hydrogens is 242 g/mol. The van der Waals surface area contributed by atoms with Gasteiger partial charge in [0.25, 0.3) is 5.91 Å². The molecule has 0 aliphatic carbocycles. The highest BCUT2D eigenvalue weighted by atomic mass is 16.5. The standard InChI is InChI=1S/C15H13NO3/c1-19-11-6-4-5-10(9-11)15(18)13-8-3-2-7-12(13)14(17)16-15/h2-9,18H,1H3,(H,16,17). The van der Waals surface area contributed by atoms with Crippen LogP contribution in [-0.2, 0) is 5.72 Å². The zero-order valence-corrected chi connectivity index (χ0v) is 10.4. The molecule has 1 unspecified atom stereocenters. The Kier molecular flexibility index (Phi) is 2.54. The van der Waals surface area contributed by atoms with Gasteiger partial charge in [0.05, 0.1) is 7.11 Å². The van der Waals surface area contributed by atoms with Crippen LogP contribution in [0.2, 0.25) is 0 Å². The van der Waals surface area contributed by atoms with Crippen LogP contribution < -0.4 is 10.1 Å². The van der Waals surface area contributed by atoms with E-state index in [1.54, 1.807) is 55.6 Å². The number of ether oxygens (including phenoxy) is 1. The molecule has 1 aliphatic rings. The van der Waals surface area contributed by atoms with E-state index in [0.29, 0.717) is 22.4 Å². The molecule has 0 saturated carbocycles. The van der Waals surface area contributed by atoms with Crippen molar-refractivity contribution in [3.63, 3.8) is 0 Å². The summed E-state index contributed by atoms with van der Waals surface area (Å²) in [7, 11) is 1.56. The van der Waals surface area contributed by atoms with Crippen molar-refractivity contribution in [3.05, 3.63) is 65.2 Å². The van der Waals surface area contributed by atoms with Crippen molar-refractivity contribution in [1.82, 2.24) is 5.32 Å². The number of fused-ring (bicyclic) bond motifs is 1. The van der Waals surface area contributed by atoms with Gasteiger partial charge in [-0.2, -0.15) is 0 Å². The second-order valence-electron chi connectivity index (χ2n) is 4.44. The van der Waals surface area contributed by atoms with E-state index in [-0.39, 0.29) is 5.91 Å². The molecule has 19 heavy (non-hydrogen) atoms. The van der Waals surface area contributed by atoms with Gasteiger partial charge in [-0.3, -0.25) is 4.79 Å². The summed E-state index contributed by atoms with van der Waals surface area (Å²) < 4.78 is 5.15. The van der Waals surface area contributed by atoms with Crippen LogP contribution in [0.3, 0.4) is 0 Å². The zero-order valence-electron chi connectivity index (χ0n) is 10.4. The summed E-state index contributed by atoms with van der Waals surface area (Å²) in [6, 6.07) is 14.0. The van der Waals surface area contributed by atoms with Gasteiger partial charge < -0.3 is 15.2 Å². The zero-order chi connectivity index (χ0) is 13.5. The van der Waals surface area contributed by atoms with Crippen molar-refractivity contribution in [2.45, 2.75) is 5.72 Å². The average molecular weight is 255 g/mol. The lowest BCUT2D eigenvalue weighted by molar-refractivity contribution is 0.0474. The van der Waals surface area contributed by atoms with Gasteiger partial charge in [0.2, 0.25) is 0 Å². The van der Waals surface area contributed by atoms with Gasteiger partial charge in [-0.1, -0.05) is 30.3 Å². The monoisotopic (exact) mass is 255 g/mol. The molecule has 1 amide bonds. The maximum Gasteiger partial charge on any atom is 0.254 e. The van der Waals surface area contributed by atoms with Crippen LogP contribution in [-0.4, -0.2) is 18.1 Å². The van der Waals surface area contributed by atoms with Crippen molar-refractivity contribution >= 4 is 5.91 Å². The fourth-order valence-corrected chi connectivity index (χ4v) is 2.37. The smallest absolute Gasteiger partial charge is 0.254 e. The third kappa shape index (κ3) is 1.69. The molecular formula is C15H13NO3. The lowest BCUT2D eigenvalue weighted by Crippen LogP contribution is -2.40. The molecule has 1 atom stereocenters. The summed E-state index contributed by atoms with van der Waals surface area (Å²) in [6.07, 6.45) is 0. The summed E-state index contributed by atoms with van der Waals surface area (Å²) in [4.78, 5) is 11.9. The first-order valence-electron chi connectivity index (χ1n) is 5.94. The number of methoxy groups -OCH3 is 1. The van der Waals surface area contributed by atoms with Gasteiger partial charge in [0.1, 0.15) is 5.75 Å². The third-order valence-electron chi connectivity index (χ3n) is 3.34. The molecule has 0 aromatic heterocycles. The lowest BCUT2D eigenvalue weighted by atomic mass is 9.94. The molecule has 2 aromatic carbocycles. The lowest BCUT2D eigenvalue weighted by Gasteiger charge is -2.24. The normalized spacial score (nSPS) is 20.8. The summed E-state index contributed by atoms with van der Waals surface area (Å²) in [6.45, 7) is 0. The van der Waals surface area contributed by atoms with Gasteiger partial charge in [-0.15, -0.1) is 0 Å². The molecule has 0 spiro atoms. The Hall–Kier alpha value is -2.33. The maximum atomic E-state index is 11.9. The van der Waals surface area contributed by atoms with E-state index in [0.717, 1.165) is 0 Å². The number of carbonyl (C=O) groups is 1. The Morgan fingerprint density at radius 3 is 2.74 bits per heavy atom. The molecule has 2 N–H and O–H groups in total. The molecule has 2 aromatic rings. The molecule has 1 aliphatic heterocycles. The highest BCUT2D eigenvalue weighted by Gasteiger charge is 2.42. The second kappa shape index (κ2) is 4.10. The molecule has 0 saturated heterocycles. The number of benzene rings is 2. The second-order valence-corrected chi connectivity index (χ2v) is 4.44. The predicted octanol–water partition coefficient (Wildman–Crippen LogP) is 1.63. The number of hydrogen-bond acceptors (Lipinski definition) is 3. The Labute approximate surface area is 110 Å². The van der Waals surface area contributed by atoms with E-state index in [1.807, 2.05) is 0 Å². The topological polar surface area (TPSA) is 58.6 Å². The highest BCUT2D eigenvalue weighted by molar-refractivity contribution is 6.00. The van der Waals surface area contributed by atoms with Gasteiger partial charge >= 0.3 is 0 Å². The average Bonchev–Trinajstić information content (AvgIpc) is 2.73. The number of amides is 1. The van der Waals surface area contributed by atoms with Crippen LogP contribution in [0.5, 0.6) is 5.75 Å². The van der Waals surface area contributed by atoms with Gasteiger partial charge in [-0.25, -0.2) is 0 Å². The molecule has 96 valence electrons. The molecule has 0 bridgehead atoms. The number of aliphatic hydroxyl groups is 1. The molecule has 1 heterocycles. The number of hydrogen-bond donors (Lipinski definition) is 2. The first kappa shape index (κ1) is 11.7. The van der Waals surface area contributed by atoms with Crippen LogP contribution in [0.25, 0.3) is 0 Å². The van der Waals surface area contributed by atoms with Crippen LogP contribution in [0.4, 0.5) is 0 Å². The fraction of sp³-hybridized carbons (Fsp3) is 0.133. The third-order valence-corrected chi connectivity index (χ3v) is 3.34. The van der Waals surface area contributed by atoms with Crippen LogP contribution >= 0.6 is 0 Å². The quantitative estimate of drug-likeness (QED) is 0.857. The van der Waals surface area contributed by atoms with Crippen molar-refractivity contribution in [3.8, 4) is 5.75 Å². The van der Waals surface area contributed by atoms with Crippen molar-refractivity contribution in [1.29, 1.82) is 0 Å². The summed E-state index contributed by atoms with van der Waals surface area (Å²) in [5.41, 5.74) is 0.133. The van der Waals surface area contributed by atoms with Crippen LogP contribution in [0.1, 0.15) is 21.5 Å². The first-order valence-corrected chi connectivity index (χ1v) is 5.94. The highest BCUT2D eigenvalue weighted by Crippen LogP contribution is 2.35.